The number of aryl methyl sites for hydroxylation is 1. The summed E-state index contributed by atoms with van der Waals surface area (Å²) in [5, 5.41) is 1.29. The zero-order valence-electron chi connectivity index (χ0n) is 12.0. The fraction of sp³-hybridized carbons (Fsp3) is 0.250. The molecule has 2 rings (SSSR count). The van der Waals surface area contributed by atoms with Gasteiger partial charge < -0.3 is 4.74 Å². The molecule has 0 aromatic heterocycles. The van der Waals surface area contributed by atoms with Gasteiger partial charge in [-0.3, -0.25) is 11.3 Å². The van der Waals surface area contributed by atoms with Crippen LogP contribution in [0.15, 0.2) is 36.4 Å². The van der Waals surface area contributed by atoms with Gasteiger partial charge in [-0.1, -0.05) is 35.3 Å². The maximum atomic E-state index is 6.23. The lowest BCUT2D eigenvalue weighted by Crippen LogP contribution is -2.30. The average Bonchev–Trinajstić information content (AvgIpc) is 2.47. The van der Waals surface area contributed by atoms with Crippen LogP contribution in [0, 0.1) is 6.92 Å². The van der Waals surface area contributed by atoms with Gasteiger partial charge in [-0.2, -0.15) is 0 Å². The Kier molecular flexibility index (Phi) is 5.48. The molecule has 0 radical (unpaired) electrons. The van der Waals surface area contributed by atoms with E-state index in [1.165, 1.54) is 0 Å². The molecule has 0 saturated heterocycles. The monoisotopic (exact) mass is 324 g/mol. The normalized spacial score (nSPS) is 12.2. The van der Waals surface area contributed by atoms with Crippen LogP contribution in [0.3, 0.4) is 0 Å². The van der Waals surface area contributed by atoms with E-state index < -0.39 is 0 Å². The highest BCUT2D eigenvalue weighted by molar-refractivity contribution is 6.36. The molecule has 1 atom stereocenters. The van der Waals surface area contributed by atoms with Gasteiger partial charge >= 0.3 is 0 Å². The summed E-state index contributed by atoms with van der Waals surface area (Å²) in [6, 6.07) is 11.3. The van der Waals surface area contributed by atoms with Gasteiger partial charge in [-0.15, -0.1) is 0 Å². The van der Waals surface area contributed by atoms with Crippen LogP contribution in [0.2, 0.25) is 10.0 Å². The minimum Gasteiger partial charge on any atom is -0.497 e. The number of nitrogens with two attached hydrogens (primary N) is 1. The van der Waals surface area contributed by atoms with Crippen molar-refractivity contribution in [3.8, 4) is 5.75 Å². The molecule has 21 heavy (non-hydrogen) atoms. The molecule has 2 aromatic rings. The zero-order valence-corrected chi connectivity index (χ0v) is 13.5. The Balaban J connectivity index is 2.32. The van der Waals surface area contributed by atoms with Crippen LogP contribution in [0.5, 0.6) is 5.75 Å². The van der Waals surface area contributed by atoms with Crippen molar-refractivity contribution in [3.63, 3.8) is 0 Å². The van der Waals surface area contributed by atoms with Gasteiger partial charge in [0.25, 0.3) is 0 Å². The minimum atomic E-state index is -0.0756. The summed E-state index contributed by atoms with van der Waals surface area (Å²) < 4.78 is 5.23. The van der Waals surface area contributed by atoms with Gasteiger partial charge in [-0.05, 0) is 54.3 Å². The number of hydrazine groups is 1. The molecule has 0 aliphatic carbocycles. The Morgan fingerprint density at radius 3 is 2.38 bits per heavy atom. The molecule has 0 aliphatic rings. The predicted molar refractivity (Wildman–Crippen MR) is 88.0 cm³/mol. The van der Waals surface area contributed by atoms with Crippen LogP contribution in [0.25, 0.3) is 0 Å². The largest absolute Gasteiger partial charge is 0.497 e. The first-order valence-electron chi connectivity index (χ1n) is 6.60. The van der Waals surface area contributed by atoms with Crippen LogP contribution in [-0.2, 0) is 6.42 Å². The third kappa shape index (κ3) is 3.69. The lowest BCUT2D eigenvalue weighted by atomic mass is 9.95. The molecular weight excluding hydrogens is 307 g/mol. The Hall–Kier alpha value is -1.26. The highest BCUT2D eigenvalue weighted by Gasteiger charge is 2.17. The number of ether oxygens (including phenoxy) is 1. The van der Waals surface area contributed by atoms with Crippen molar-refractivity contribution in [1.82, 2.24) is 5.43 Å². The molecule has 3 N–H and O–H groups in total. The first-order chi connectivity index (χ1) is 10.1. The van der Waals surface area contributed by atoms with Crippen LogP contribution in [0.1, 0.15) is 22.7 Å². The van der Waals surface area contributed by atoms with Crippen molar-refractivity contribution in [2.24, 2.45) is 5.84 Å². The molecule has 0 aliphatic heterocycles. The molecule has 0 amide bonds. The summed E-state index contributed by atoms with van der Waals surface area (Å²) in [6.45, 7) is 2.02. The second-order valence-corrected chi connectivity index (χ2v) is 5.66. The number of methoxy groups -OCH3 is 1. The molecule has 2 aromatic carbocycles. The third-order valence-electron chi connectivity index (χ3n) is 3.52. The molecule has 5 heteroatoms. The van der Waals surface area contributed by atoms with Crippen molar-refractivity contribution in [2.75, 3.05) is 7.11 Å². The number of halogens is 2. The number of hydrogen-bond donors (Lipinski definition) is 2. The number of benzene rings is 2. The molecule has 0 bridgehead atoms. The first kappa shape index (κ1) is 16.1. The van der Waals surface area contributed by atoms with Crippen LogP contribution in [0.4, 0.5) is 0 Å². The van der Waals surface area contributed by atoms with Crippen LogP contribution in [-0.4, -0.2) is 7.11 Å². The Labute approximate surface area is 135 Å². The maximum Gasteiger partial charge on any atom is 0.119 e. The van der Waals surface area contributed by atoms with Crippen LogP contribution < -0.4 is 16.0 Å². The molecule has 112 valence electrons. The molecule has 0 saturated carbocycles. The molecule has 0 heterocycles. The zero-order chi connectivity index (χ0) is 15.4. The summed E-state index contributed by atoms with van der Waals surface area (Å²) in [5.74, 6) is 6.55. The van der Waals surface area contributed by atoms with Gasteiger partial charge in [0.05, 0.1) is 13.2 Å². The minimum absolute atomic E-state index is 0.0756. The van der Waals surface area contributed by atoms with E-state index in [4.69, 9.17) is 33.8 Å². The number of hydrogen-bond acceptors (Lipinski definition) is 3. The van der Waals surface area contributed by atoms with Gasteiger partial charge in [-0.25, -0.2) is 0 Å². The van der Waals surface area contributed by atoms with E-state index in [0.29, 0.717) is 16.5 Å². The highest BCUT2D eigenvalue weighted by atomic mass is 35.5. The second-order valence-electron chi connectivity index (χ2n) is 4.85. The van der Waals surface area contributed by atoms with E-state index in [0.717, 1.165) is 22.4 Å². The van der Waals surface area contributed by atoms with E-state index in [1.807, 2.05) is 43.3 Å². The van der Waals surface area contributed by atoms with Crippen molar-refractivity contribution >= 4 is 23.2 Å². The lowest BCUT2D eigenvalue weighted by molar-refractivity contribution is 0.414. The average molecular weight is 325 g/mol. The highest BCUT2D eigenvalue weighted by Crippen LogP contribution is 2.31. The van der Waals surface area contributed by atoms with E-state index in [1.54, 1.807) is 7.11 Å². The van der Waals surface area contributed by atoms with E-state index in [9.17, 15) is 0 Å². The summed E-state index contributed by atoms with van der Waals surface area (Å²) in [5.41, 5.74) is 5.92. The summed E-state index contributed by atoms with van der Waals surface area (Å²) >= 11 is 12.5. The summed E-state index contributed by atoms with van der Waals surface area (Å²) in [4.78, 5) is 0. The fourth-order valence-electron chi connectivity index (χ4n) is 2.36. The number of nitrogens with one attached hydrogen (secondary N) is 1. The topological polar surface area (TPSA) is 47.3 Å². The summed E-state index contributed by atoms with van der Waals surface area (Å²) in [6.07, 6.45) is 0.613. The van der Waals surface area contributed by atoms with Crippen molar-refractivity contribution in [2.45, 2.75) is 19.4 Å². The number of rotatable bonds is 5. The third-order valence-corrected chi connectivity index (χ3v) is 4.23. The van der Waals surface area contributed by atoms with Crippen molar-refractivity contribution in [1.29, 1.82) is 0 Å². The summed E-state index contributed by atoms with van der Waals surface area (Å²) in [7, 11) is 1.65. The van der Waals surface area contributed by atoms with Gasteiger partial charge in [0, 0.05) is 10.0 Å². The SMILES string of the molecule is COc1ccc(C(Cc2c(Cl)cccc2Cl)NN)c(C)c1. The van der Waals surface area contributed by atoms with E-state index in [-0.39, 0.29) is 6.04 Å². The van der Waals surface area contributed by atoms with E-state index >= 15 is 0 Å². The van der Waals surface area contributed by atoms with Crippen molar-refractivity contribution in [3.05, 3.63) is 63.1 Å². The lowest BCUT2D eigenvalue weighted by Gasteiger charge is -2.20. The Morgan fingerprint density at radius 2 is 1.86 bits per heavy atom. The smallest absolute Gasteiger partial charge is 0.119 e. The molecule has 0 fully saturated rings. The second kappa shape index (κ2) is 7.14. The molecule has 0 spiro atoms. The van der Waals surface area contributed by atoms with Gasteiger partial charge in [0.15, 0.2) is 0 Å². The standard InChI is InChI=1S/C16H18Cl2N2O/c1-10-8-11(21-2)6-7-12(10)16(20-19)9-13-14(17)4-3-5-15(13)18/h3-8,16,20H,9,19H2,1-2H3. The maximum absolute atomic E-state index is 6.23. The molecular formula is C16H18Cl2N2O. The van der Waals surface area contributed by atoms with E-state index in [2.05, 4.69) is 5.43 Å². The Morgan fingerprint density at radius 1 is 1.19 bits per heavy atom. The van der Waals surface area contributed by atoms with Gasteiger partial charge in [0.1, 0.15) is 5.75 Å². The van der Waals surface area contributed by atoms with Crippen LogP contribution >= 0.6 is 23.2 Å². The Bertz CT molecular complexity index is 611. The van der Waals surface area contributed by atoms with Gasteiger partial charge in [0.2, 0.25) is 0 Å². The fourth-order valence-corrected chi connectivity index (χ4v) is 2.91. The molecule has 1 unspecified atom stereocenters. The quantitative estimate of drug-likeness (QED) is 0.644. The first-order valence-corrected chi connectivity index (χ1v) is 7.36. The molecule has 3 nitrogen and oxygen atoms in total. The van der Waals surface area contributed by atoms with Crippen molar-refractivity contribution < 1.29 is 4.74 Å². The predicted octanol–water partition coefficient (Wildman–Crippen LogP) is 4.06.